The Kier molecular flexibility index (Phi) is 5.17. The van der Waals surface area contributed by atoms with Crippen LogP contribution in [-0.4, -0.2) is 11.7 Å². The van der Waals surface area contributed by atoms with E-state index in [0.717, 1.165) is 19.3 Å². The van der Waals surface area contributed by atoms with E-state index in [0.29, 0.717) is 5.92 Å². The summed E-state index contributed by atoms with van der Waals surface area (Å²) in [4.78, 5) is 0. The second-order valence-electron chi connectivity index (χ2n) is 5.11. The summed E-state index contributed by atoms with van der Waals surface area (Å²) in [6, 6.07) is 19.1. The smallest absolute Gasteiger partial charge is 0.0465 e. The Balaban J connectivity index is 1.98. The minimum absolute atomic E-state index is 0.240. The van der Waals surface area contributed by atoms with Crippen LogP contribution in [0.15, 0.2) is 54.6 Å². The summed E-state index contributed by atoms with van der Waals surface area (Å²) in [6.07, 6.45) is 2.95. The molecule has 0 heterocycles. The molecule has 0 aliphatic heterocycles. The third kappa shape index (κ3) is 4.22. The molecular weight excluding hydrogens is 232 g/mol. The highest BCUT2D eigenvalue weighted by Gasteiger charge is 2.09. The third-order valence-corrected chi connectivity index (χ3v) is 3.58. The molecule has 0 radical (unpaired) electrons. The van der Waals surface area contributed by atoms with Gasteiger partial charge in [0.25, 0.3) is 0 Å². The number of rotatable bonds is 6. The van der Waals surface area contributed by atoms with Crippen LogP contribution in [0, 0.1) is 5.92 Å². The topological polar surface area (TPSA) is 20.2 Å². The molecule has 1 unspecified atom stereocenters. The van der Waals surface area contributed by atoms with E-state index in [4.69, 9.17) is 0 Å². The maximum atomic E-state index is 9.55. The van der Waals surface area contributed by atoms with Gasteiger partial charge in [-0.1, -0.05) is 61.5 Å². The van der Waals surface area contributed by atoms with Crippen LogP contribution in [0.5, 0.6) is 0 Å². The van der Waals surface area contributed by atoms with Gasteiger partial charge in [0.15, 0.2) is 0 Å². The van der Waals surface area contributed by atoms with Crippen LogP contribution in [-0.2, 0) is 19.3 Å². The molecule has 0 amide bonds. The van der Waals surface area contributed by atoms with E-state index in [1.165, 1.54) is 16.7 Å². The first-order chi connectivity index (χ1) is 9.31. The fourth-order valence-corrected chi connectivity index (χ4v) is 2.39. The minimum Gasteiger partial charge on any atom is -0.396 e. The molecule has 0 aromatic heterocycles. The molecule has 1 heteroatoms. The Hall–Kier alpha value is -1.60. The Morgan fingerprint density at radius 1 is 0.789 bits per heavy atom. The average molecular weight is 254 g/mol. The molecule has 0 bridgehead atoms. The standard InChI is InChI=1S/C18H22O/c1-2-15-8-10-17(11-9-15)13-18(14-19)12-16-6-4-3-5-7-16/h3-11,18-19H,2,12-14H2,1H3. The van der Waals surface area contributed by atoms with Gasteiger partial charge in [0.2, 0.25) is 0 Å². The molecule has 100 valence electrons. The van der Waals surface area contributed by atoms with Crippen molar-refractivity contribution in [1.29, 1.82) is 0 Å². The second-order valence-corrected chi connectivity index (χ2v) is 5.11. The third-order valence-electron chi connectivity index (χ3n) is 3.58. The molecule has 0 aliphatic rings. The molecule has 1 N–H and O–H groups in total. The van der Waals surface area contributed by atoms with E-state index in [1.54, 1.807) is 0 Å². The van der Waals surface area contributed by atoms with E-state index >= 15 is 0 Å². The van der Waals surface area contributed by atoms with Crippen molar-refractivity contribution in [2.75, 3.05) is 6.61 Å². The first-order valence-corrected chi connectivity index (χ1v) is 7.04. The van der Waals surface area contributed by atoms with Crippen molar-refractivity contribution in [2.45, 2.75) is 26.2 Å². The number of aryl methyl sites for hydroxylation is 1. The first-order valence-electron chi connectivity index (χ1n) is 7.04. The Morgan fingerprint density at radius 3 is 1.84 bits per heavy atom. The normalized spacial score (nSPS) is 12.3. The molecule has 1 atom stereocenters. The van der Waals surface area contributed by atoms with Crippen molar-refractivity contribution in [3.63, 3.8) is 0 Å². The molecule has 0 aliphatic carbocycles. The van der Waals surface area contributed by atoms with Crippen molar-refractivity contribution < 1.29 is 5.11 Å². The monoisotopic (exact) mass is 254 g/mol. The maximum absolute atomic E-state index is 9.55. The lowest BCUT2D eigenvalue weighted by atomic mass is 9.93. The highest BCUT2D eigenvalue weighted by molar-refractivity contribution is 5.23. The number of hydrogen-bond acceptors (Lipinski definition) is 1. The van der Waals surface area contributed by atoms with Crippen molar-refractivity contribution in [1.82, 2.24) is 0 Å². The van der Waals surface area contributed by atoms with E-state index in [2.05, 4.69) is 55.5 Å². The molecule has 19 heavy (non-hydrogen) atoms. The Labute approximate surface area is 115 Å². The molecule has 2 rings (SSSR count). The predicted octanol–water partition coefficient (Wildman–Crippen LogP) is 3.64. The second kappa shape index (κ2) is 7.10. The summed E-state index contributed by atoms with van der Waals surface area (Å²) in [6.45, 7) is 2.41. The van der Waals surface area contributed by atoms with Crippen LogP contribution in [0.2, 0.25) is 0 Å². The average Bonchev–Trinajstić information content (AvgIpc) is 2.48. The lowest BCUT2D eigenvalue weighted by Gasteiger charge is -2.14. The van der Waals surface area contributed by atoms with Gasteiger partial charge in [0.1, 0.15) is 0 Å². The summed E-state index contributed by atoms with van der Waals surface area (Å²) < 4.78 is 0. The molecule has 0 saturated carbocycles. The maximum Gasteiger partial charge on any atom is 0.0465 e. The number of aliphatic hydroxyl groups is 1. The fourth-order valence-electron chi connectivity index (χ4n) is 2.39. The highest BCUT2D eigenvalue weighted by Crippen LogP contribution is 2.15. The van der Waals surface area contributed by atoms with Gasteiger partial charge in [-0.05, 0) is 41.9 Å². The van der Waals surface area contributed by atoms with Crippen LogP contribution in [0.1, 0.15) is 23.6 Å². The van der Waals surface area contributed by atoms with Crippen LogP contribution in [0.25, 0.3) is 0 Å². The van der Waals surface area contributed by atoms with Crippen LogP contribution in [0.3, 0.4) is 0 Å². The zero-order valence-electron chi connectivity index (χ0n) is 11.5. The summed E-state index contributed by atoms with van der Waals surface area (Å²) in [5.41, 5.74) is 3.98. The SMILES string of the molecule is CCc1ccc(CC(CO)Cc2ccccc2)cc1. The van der Waals surface area contributed by atoms with Crippen molar-refractivity contribution in [2.24, 2.45) is 5.92 Å². The molecule has 1 nitrogen and oxygen atoms in total. The van der Waals surface area contributed by atoms with E-state index in [1.807, 2.05) is 6.07 Å². The van der Waals surface area contributed by atoms with Gasteiger partial charge >= 0.3 is 0 Å². The zero-order chi connectivity index (χ0) is 13.5. The molecule has 0 fully saturated rings. The highest BCUT2D eigenvalue weighted by atomic mass is 16.3. The van der Waals surface area contributed by atoms with Gasteiger partial charge in [-0.2, -0.15) is 0 Å². The molecule has 0 saturated heterocycles. The van der Waals surface area contributed by atoms with Crippen molar-refractivity contribution in [3.8, 4) is 0 Å². The van der Waals surface area contributed by atoms with E-state index < -0.39 is 0 Å². The van der Waals surface area contributed by atoms with Gasteiger partial charge in [-0.3, -0.25) is 0 Å². The number of benzene rings is 2. The largest absolute Gasteiger partial charge is 0.396 e. The van der Waals surface area contributed by atoms with Gasteiger partial charge < -0.3 is 5.11 Å². The Bertz CT molecular complexity index is 473. The van der Waals surface area contributed by atoms with Crippen LogP contribution in [0.4, 0.5) is 0 Å². The van der Waals surface area contributed by atoms with Gasteiger partial charge in [-0.15, -0.1) is 0 Å². The van der Waals surface area contributed by atoms with Gasteiger partial charge in [0.05, 0.1) is 0 Å². The quantitative estimate of drug-likeness (QED) is 0.834. The van der Waals surface area contributed by atoms with E-state index in [9.17, 15) is 5.11 Å². The van der Waals surface area contributed by atoms with Crippen LogP contribution < -0.4 is 0 Å². The zero-order valence-corrected chi connectivity index (χ0v) is 11.5. The summed E-state index contributed by atoms with van der Waals surface area (Å²) >= 11 is 0. The van der Waals surface area contributed by atoms with Gasteiger partial charge in [-0.25, -0.2) is 0 Å². The molecular formula is C18H22O. The van der Waals surface area contributed by atoms with Crippen molar-refractivity contribution in [3.05, 3.63) is 71.3 Å². The summed E-state index contributed by atoms with van der Waals surface area (Å²) in [5.74, 6) is 0.301. The van der Waals surface area contributed by atoms with E-state index in [-0.39, 0.29) is 6.61 Å². The molecule has 0 spiro atoms. The molecule has 2 aromatic rings. The van der Waals surface area contributed by atoms with Crippen molar-refractivity contribution >= 4 is 0 Å². The van der Waals surface area contributed by atoms with Gasteiger partial charge in [0, 0.05) is 6.61 Å². The predicted molar refractivity (Wildman–Crippen MR) is 80.2 cm³/mol. The lowest BCUT2D eigenvalue weighted by molar-refractivity contribution is 0.225. The summed E-state index contributed by atoms with van der Waals surface area (Å²) in [7, 11) is 0. The first kappa shape index (κ1) is 13.8. The number of hydrogen-bond donors (Lipinski definition) is 1. The molecule has 2 aromatic carbocycles. The lowest BCUT2D eigenvalue weighted by Crippen LogP contribution is -2.13. The minimum atomic E-state index is 0.240. The van der Waals surface area contributed by atoms with Crippen LogP contribution >= 0.6 is 0 Å². The Morgan fingerprint density at radius 2 is 1.32 bits per heavy atom. The number of aliphatic hydroxyl groups excluding tert-OH is 1. The summed E-state index contributed by atoms with van der Waals surface area (Å²) in [5, 5.41) is 9.55. The fraction of sp³-hybridized carbons (Fsp3) is 0.333.